The maximum atomic E-state index is 12.5. The third kappa shape index (κ3) is 3.05. The molecule has 0 radical (unpaired) electrons. The molecule has 1 aliphatic carbocycles. The number of nitrogen functional groups attached to an aromatic ring is 1. The Morgan fingerprint density at radius 3 is 2.78 bits per heavy atom. The van der Waals surface area contributed by atoms with Gasteiger partial charge in [0.05, 0.1) is 0 Å². The van der Waals surface area contributed by atoms with Gasteiger partial charge in [0.2, 0.25) is 0 Å². The first-order chi connectivity index (χ1) is 8.63. The summed E-state index contributed by atoms with van der Waals surface area (Å²) in [4.78, 5) is 14.5. The number of nitrogens with two attached hydrogens (primary N) is 1. The minimum absolute atomic E-state index is 0.131. The van der Waals surface area contributed by atoms with Crippen molar-refractivity contribution < 1.29 is 4.79 Å². The Balaban J connectivity index is 2.13. The molecule has 0 aromatic heterocycles. The molecule has 0 heterocycles. The highest BCUT2D eigenvalue weighted by Gasteiger charge is 2.32. The minimum Gasteiger partial charge on any atom is -0.398 e. The van der Waals surface area contributed by atoms with Crippen LogP contribution in [0.5, 0.6) is 0 Å². The highest BCUT2D eigenvalue weighted by molar-refractivity contribution is 9.10. The number of benzene rings is 1. The summed E-state index contributed by atoms with van der Waals surface area (Å²) >= 11 is 3.37. The number of carbonyl (C=O) groups is 1. The number of hydrogen-bond donors (Lipinski definition) is 1. The molecule has 98 valence electrons. The van der Waals surface area contributed by atoms with Crippen LogP contribution in [0.2, 0.25) is 0 Å². The molecule has 1 aliphatic rings. The Kier molecular flexibility index (Phi) is 4.27. The maximum Gasteiger partial charge on any atom is 0.254 e. The number of rotatable bonds is 5. The second kappa shape index (κ2) is 5.74. The Hall–Kier alpha value is -1.03. The normalized spacial score (nSPS) is 14.6. The lowest BCUT2D eigenvalue weighted by Gasteiger charge is -2.22. The monoisotopic (exact) mass is 310 g/mol. The van der Waals surface area contributed by atoms with Gasteiger partial charge >= 0.3 is 0 Å². The van der Waals surface area contributed by atoms with Crippen LogP contribution in [-0.2, 0) is 0 Å². The summed E-state index contributed by atoms with van der Waals surface area (Å²) in [5, 5.41) is 0. The minimum atomic E-state index is 0.131. The van der Waals surface area contributed by atoms with Gasteiger partial charge in [-0.05, 0) is 53.4 Å². The van der Waals surface area contributed by atoms with E-state index in [1.165, 1.54) is 0 Å². The predicted octanol–water partition coefficient (Wildman–Crippen LogP) is 3.44. The molecule has 0 saturated heterocycles. The van der Waals surface area contributed by atoms with E-state index in [1.807, 2.05) is 17.0 Å². The third-order valence-corrected chi connectivity index (χ3v) is 3.94. The third-order valence-electron chi connectivity index (χ3n) is 3.25. The molecule has 0 bridgehead atoms. The summed E-state index contributed by atoms with van der Waals surface area (Å²) in [6, 6.07) is 5.87. The van der Waals surface area contributed by atoms with Crippen molar-refractivity contribution in [3.05, 3.63) is 28.2 Å². The number of nitrogens with zero attached hydrogens (tertiary/aromatic N) is 1. The Morgan fingerprint density at radius 1 is 1.50 bits per heavy atom. The first kappa shape index (κ1) is 13.4. The first-order valence-corrected chi connectivity index (χ1v) is 7.28. The second-order valence-corrected chi connectivity index (χ2v) is 5.67. The van der Waals surface area contributed by atoms with Crippen molar-refractivity contribution in [1.29, 1.82) is 0 Å². The summed E-state index contributed by atoms with van der Waals surface area (Å²) in [5.74, 6) is 0.131. The van der Waals surface area contributed by atoms with Crippen LogP contribution in [0.25, 0.3) is 0 Å². The summed E-state index contributed by atoms with van der Waals surface area (Å²) in [6.07, 6.45) is 4.47. The van der Waals surface area contributed by atoms with E-state index in [0.717, 1.165) is 42.3 Å². The molecule has 2 rings (SSSR count). The lowest BCUT2D eigenvalue weighted by Crippen LogP contribution is -2.34. The average molecular weight is 311 g/mol. The zero-order chi connectivity index (χ0) is 13.1. The van der Waals surface area contributed by atoms with E-state index in [4.69, 9.17) is 5.73 Å². The number of halogens is 1. The van der Waals surface area contributed by atoms with Crippen LogP contribution in [-0.4, -0.2) is 23.4 Å². The van der Waals surface area contributed by atoms with Crippen molar-refractivity contribution in [3.8, 4) is 0 Å². The van der Waals surface area contributed by atoms with Gasteiger partial charge in [-0.1, -0.05) is 13.3 Å². The van der Waals surface area contributed by atoms with Gasteiger partial charge in [-0.15, -0.1) is 0 Å². The predicted molar refractivity (Wildman–Crippen MR) is 77.5 cm³/mol. The molecule has 3 nitrogen and oxygen atoms in total. The molecule has 0 spiro atoms. The molecular weight excluding hydrogens is 292 g/mol. The van der Waals surface area contributed by atoms with Crippen molar-refractivity contribution in [2.45, 2.75) is 38.6 Å². The fourth-order valence-corrected chi connectivity index (χ4v) is 2.37. The van der Waals surface area contributed by atoms with Gasteiger partial charge < -0.3 is 10.6 Å². The largest absolute Gasteiger partial charge is 0.398 e. The van der Waals surface area contributed by atoms with Crippen LogP contribution in [0.4, 0.5) is 5.69 Å². The van der Waals surface area contributed by atoms with Crippen molar-refractivity contribution in [2.75, 3.05) is 12.3 Å². The smallest absolute Gasteiger partial charge is 0.254 e. The van der Waals surface area contributed by atoms with Gasteiger partial charge in [0.1, 0.15) is 0 Å². The summed E-state index contributed by atoms with van der Waals surface area (Å²) in [5.41, 5.74) is 7.13. The highest BCUT2D eigenvalue weighted by Crippen LogP contribution is 2.29. The molecule has 18 heavy (non-hydrogen) atoms. The summed E-state index contributed by atoms with van der Waals surface area (Å²) in [7, 11) is 0. The molecule has 1 saturated carbocycles. The zero-order valence-corrected chi connectivity index (χ0v) is 12.2. The van der Waals surface area contributed by atoms with E-state index < -0.39 is 0 Å². The molecule has 0 unspecified atom stereocenters. The summed E-state index contributed by atoms with van der Waals surface area (Å²) in [6.45, 7) is 3.01. The second-order valence-electron chi connectivity index (χ2n) is 4.82. The fourth-order valence-electron chi connectivity index (χ4n) is 1.99. The molecule has 1 fully saturated rings. The van der Waals surface area contributed by atoms with Gasteiger partial charge in [-0.3, -0.25) is 4.79 Å². The van der Waals surface area contributed by atoms with Crippen LogP contribution >= 0.6 is 15.9 Å². The average Bonchev–Trinajstić information content (AvgIpc) is 3.17. The van der Waals surface area contributed by atoms with Gasteiger partial charge in [-0.25, -0.2) is 0 Å². The van der Waals surface area contributed by atoms with E-state index in [-0.39, 0.29) is 5.91 Å². The molecule has 4 heteroatoms. The van der Waals surface area contributed by atoms with E-state index in [1.54, 1.807) is 6.07 Å². The fraction of sp³-hybridized carbons (Fsp3) is 0.500. The molecule has 1 aromatic carbocycles. The van der Waals surface area contributed by atoms with Gasteiger partial charge in [0.15, 0.2) is 0 Å². The first-order valence-electron chi connectivity index (χ1n) is 6.49. The molecule has 2 N–H and O–H groups in total. The van der Waals surface area contributed by atoms with Crippen molar-refractivity contribution >= 4 is 27.5 Å². The van der Waals surface area contributed by atoms with Crippen LogP contribution in [0, 0.1) is 0 Å². The van der Waals surface area contributed by atoms with E-state index in [0.29, 0.717) is 11.7 Å². The zero-order valence-electron chi connectivity index (χ0n) is 10.7. The number of unbranched alkanes of at least 4 members (excludes halogenated alkanes) is 1. The lowest BCUT2D eigenvalue weighted by molar-refractivity contribution is 0.0740. The Morgan fingerprint density at radius 2 is 2.22 bits per heavy atom. The van der Waals surface area contributed by atoms with Gasteiger partial charge in [0, 0.05) is 28.3 Å². The van der Waals surface area contributed by atoms with Crippen LogP contribution in [0.15, 0.2) is 22.7 Å². The number of anilines is 1. The van der Waals surface area contributed by atoms with Crippen LogP contribution in [0.1, 0.15) is 43.0 Å². The number of hydrogen-bond acceptors (Lipinski definition) is 2. The van der Waals surface area contributed by atoms with Gasteiger partial charge in [0.25, 0.3) is 5.91 Å². The maximum absolute atomic E-state index is 12.5. The quantitative estimate of drug-likeness (QED) is 0.847. The van der Waals surface area contributed by atoms with E-state index in [2.05, 4.69) is 22.9 Å². The SMILES string of the molecule is CCCCN(C(=O)c1ccc(N)c(Br)c1)C1CC1. The summed E-state index contributed by atoms with van der Waals surface area (Å²) < 4.78 is 0.791. The van der Waals surface area contributed by atoms with E-state index in [9.17, 15) is 4.79 Å². The molecule has 0 aliphatic heterocycles. The van der Waals surface area contributed by atoms with Crippen LogP contribution in [0.3, 0.4) is 0 Å². The van der Waals surface area contributed by atoms with Gasteiger partial charge in [-0.2, -0.15) is 0 Å². The van der Waals surface area contributed by atoms with Crippen molar-refractivity contribution in [2.24, 2.45) is 0 Å². The lowest BCUT2D eigenvalue weighted by atomic mass is 10.1. The number of carbonyl (C=O) groups excluding carboxylic acids is 1. The van der Waals surface area contributed by atoms with Crippen molar-refractivity contribution in [3.63, 3.8) is 0 Å². The Bertz CT molecular complexity index is 443. The van der Waals surface area contributed by atoms with Crippen LogP contribution < -0.4 is 5.73 Å². The molecule has 1 aromatic rings. The molecular formula is C14H19BrN2O. The topological polar surface area (TPSA) is 46.3 Å². The molecule has 1 amide bonds. The highest BCUT2D eigenvalue weighted by atomic mass is 79.9. The standard InChI is InChI=1S/C14H19BrN2O/c1-2-3-8-17(11-5-6-11)14(18)10-4-7-13(16)12(15)9-10/h4,7,9,11H,2-3,5-6,8,16H2,1H3. The van der Waals surface area contributed by atoms with Crippen molar-refractivity contribution in [1.82, 2.24) is 4.90 Å². The Labute approximate surface area is 116 Å². The number of amides is 1. The van der Waals surface area contributed by atoms with E-state index >= 15 is 0 Å². The molecule has 0 atom stereocenters.